The van der Waals surface area contributed by atoms with Crippen LogP contribution in [0.5, 0.6) is 0 Å². The molecule has 0 aliphatic carbocycles. The lowest BCUT2D eigenvalue weighted by Gasteiger charge is -2.52. The Morgan fingerprint density at radius 3 is 1.53 bits per heavy atom. The van der Waals surface area contributed by atoms with E-state index in [1.54, 1.807) is 6.08 Å². The molecule has 28 nitrogen and oxygen atoms in total. The number of ether oxygens (including phenoxy) is 8. The molecule has 4 aliphatic heterocycles. The average Bonchev–Trinajstić information content (AvgIpc) is 0.750. The van der Waals surface area contributed by atoms with Gasteiger partial charge in [0.05, 0.1) is 63.4 Å². The Morgan fingerprint density at radius 2 is 1.03 bits per heavy atom. The Bertz CT molecular complexity index is 2290. The zero-order valence-corrected chi connectivity index (χ0v) is 59.8. The van der Waals surface area contributed by atoms with E-state index >= 15 is 0 Å². The molecule has 0 saturated carbocycles. The van der Waals surface area contributed by atoms with Crippen molar-refractivity contribution in [2.24, 2.45) is 5.92 Å². The quantitative estimate of drug-likeness (QED) is 0.0306. The predicted octanol–water partition coefficient (Wildman–Crippen LogP) is 3.56. The molecule has 100 heavy (non-hydrogen) atoms. The monoisotopic (exact) mass is 1440 g/mol. The van der Waals surface area contributed by atoms with Crippen LogP contribution in [0.15, 0.2) is 24.3 Å². The Hall–Kier alpha value is -3.28. The second-order valence-corrected chi connectivity index (χ2v) is 27.9. The maximum atomic E-state index is 13.6. The van der Waals surface area contributed by atoms with Gasteiger partial charge in [-0.3, -0.25) is 9.59 Å². The van der Waals surface area contributed by atoms with E-state index in [4.69, 9.17) is 37.9 Å². The number of aliphatic hydroxyl groups is 13. The van der Waals surface area contributed by atoms with Crippen LogP contribution in [0.25, 0.3) is 0 Å². The molecule has 0 spiro atoms. The summed E-state index contributed by atoms with van der Waals surface area (Å²) in [6.45, 7) is 1.91. The van der Waals surface area contributed by atoms with Gasteiger partial charge in [-0.1, -0.05) is 179 Å². The highest BCUT2D eigenvalue weighted by molar-refractivity contribution is 5.77. The van der Waals surface area contributed by atoms with Gasteiger partial charge >= 0.3 is 5.97 Å². The first-order chi connectivity index (χ1) is 48.0. The third-order valence-electron chi connectivity index (χ3n) is 19.4. The molecule has 2 amide bonds. The fourth-order valence-corrected chi connectivity index (χ4v) is 13.5. The number of allylic oxidation sites excluding steroid dienone is 3. The molecule has 0 bridgehead atoms. The van der Waals surface area contributed by atoms with Gasteiger partial charge in [0.2, 0.25) is 11.8 Å². The van der Waals surface area contributed by atoms with Crippen LogP contribution in [0.1, 0.15) is 233 Å². The molecule has 0 aromatic heterocycles. The number of rotatable bonds is 53. The molecular formula is C72H128N2O26. The van der Waals surface area contributed by atoms with Crippen molar-refractivity contribution in [2.75, 3.05) is 33.0 Å². The van der Waals surface area contributed by atoms with E-state index in [2.05, 4.69) is 36.6 Å². The molecule has 4 rings (SSSR count). The third-order valence-corrected chi connectivity index (χ3v) is 19.4. The number of carbonyl (C=O) groups is 4. The summed E-state index contributed by atoms with van der Waals surface area (Å²) in [5, 5.41) is 161. The molecule has 23 unspecified atom stereocenters. The zero-order valence-electron chi connectivity index (χ0n) is 59.8. The summed E-state index contributed by atoms with van der Waals surface area (Å²) < 4.78 is 48.1. The minimum Gasteiger partial charge on any atom is -0.477 e. The van der Waals surface area contributed by atoms with E-state index in [9.17, 15) is 90.7 Å². The van der Waals surface area contributed by atoms with Crippen LogP contribution < -0.4 is 10.6 Å². The maximum Gasteiger partial charge on any atom is 0.364 e. The Kier molecular flexibility index (Phi) is 44.1. The highest BCUT2D eigenvalue weighted by Crippen LogP contribution is 2.41. The Balaban J connectivity index is 1.51. The van der Waals surface area contributed by atoms with Crippen molar-refractivity contribution in [3.63, 3.8) is 0 Å². The molecule has 4 aliphatic rings. The van der Waals surface area contributed by atoms with Crippen LogP contribution in [0.2, 0.25) is 0 Å². The van der Waals surface area contributed by atoms with E-state index in [-0.39, 0.29) is 12.3 Å². The molecule has 0 aromatic rings. The maximum absolute atomic E-state index is 13.6. The number of aliphatic carboxylic acids is 1. The number of amides is 2. The van der Waals surface area contributed by atoms with Gasteiger partial charge in [-0.25, -0.2) is 4.79 Å². The van der Waals surface area contributed by atoms with Gasteiger partial charge in [-0.15, -0.1) is 0 Å². The van der Waals surface area contributed by atoms with Gasteiger partial charge in [0, 0.05) is 32.1 Å². The summed E-state index contributed by atoms with van der Waals surface area (Å²) in [5.41, 5.74) is 0. The first-order valence-electron chi connectivity index (χ1n) is 37.4. The summed E-state index contributed by atoms with van der Waals surface area (Å²) in [6, 6.07) is -2.79. The highest BCUT2D eigenvalue weighted by atomic mass is 16.8. The number of aliphatic hydroxyl groups excluding tert-OH is 13. The molecular weight excluding hydrogens is 1310 g/mol. The number of carbonyl (C=O) groups excluding carboxylic acids is 3. The van der Waals surface area contributed by atoms with Gasteiger partial charge in [-0.2, -0.15) is 0 Å². The molecule has 23 atom stereocenters. The van der Waals surface area contributed by atoms with Crippen LogP contribution >= 0.6 is 0 Å². The molecule has 4 heterocycles. The fraction of sp³-hybridized carbons (Fsp3) is 0.889. The SMILES string of the molecule is CCCCCCCCC=CCCCCCCCCCCCC(=O)NC(COC1OC(CO)C(OC2OC(CO)C(OC3OC(CO)C(O)C(O)C3CC(C)=O)C(OC3(C(=O)O)CC(O)C(NC(C)=O)C(C(O)C(O)CO)O3)C2O)C(O)C1O)C(O)C=CCCCCCCCCCCCCC. The number of hydrogen-bond acceptors (Lipinski definition) is 25. The van der Waals surface area contributed by atoms with Crippen molar-refractivity contribution in [1.82, 2.24) is 10.6 Å². The topological polar surface area (TPSA) is 449 Å². The molecule has 4 fully saturated rings. The van der Waals surface area contributed by atoms with E-state index < -0.39 is 204 Å². The first kappa shape index (κ1) is 89.1. The minimum absolute atomic E-state index is 0.159. The highest BCUT2D eigenvalue weighted by Gasteiger charge is 2.61. The fourth-order valence-electron chi connectivity index (χ4n) is 13.5. The summed E-state index contributed by atoms with van der Waals surface area (Å²) in [7, 11) is 0. The largest absolute Gasteiger partial charge is 0.477 e. The van der Waals surface area contributed by atoms with Gasteiger partial charge in [0.15, 0.2) is 18.9 Å². The standard InChI is InChI=1S/C72H128N2O26/c1-5-7-9-11-13-15-17-19-20-21-22-23-24-26-28-30-32-34-36-38-56(84)74-49(50(81)37-35-33-31-29-27-25-18-16-14-12-10-8-6-2)45-93-69-62(89)61(88)64(54(43-77)95-69)97-70-63(90)67(65(55(44-78)96-70)98-68-48(39-46(3)79)58(85)60(87)53(42-76)94-68)100-72(71(91)92)40-51(82)57(73-47(4)80)66(99-72)59(86)52(83)41-75/h19-20,35,37,48-55,57-70,75-78,81-83,85-90H,5-18,21-34,36,38-45H2,1-4H3,(H,73,80)(H,74,84)(H,91,92). The number of nitrogens with one attached hydrogen (secondary N) is 2. The normalized spacial score (nSPS) is 31.6. The van der Waals surface area contributed by atoms with Crippen molar-refractivity contribution in [3.8, 4) is 0 Å². The molecule has 582 valence electrons. The van der Waals surface area contributed by atoms with Gasteiger partial charge < -0.3 is 125 Å². The number of ketones is 1. The first-order valence-corrected chi connectivity index (χ1v) is 37.4. The lowest BCUT2D eigenvalue weighted by molar-refractivity contribution is -0.403. The third kappa shape index (κ3) is 29.9. The van der Waals surface area contributed by atoms with Crippen molar-refractivity contribution < 1.29 is 129 Å². The second-order valence-electron chi connectivity index (χ2n) is 27.9. The summed E-state index contributed by atoms with van der Waals surface area (Å²) >= 11 is 0. The van der Waals surface area contributed by atoms with Crippen molar-refractivity contribution in [2.45, 2.75) is 368 Å². The van der Waals surface area contributed by atoms with Crippen LogP contribution in [-0.4, -0.2) is 262 Å². The second kappa shape index (κ2) is 49.5. The van der Waals surface area contributed by atoms with Crippen LogP contribution in [-0.2, 0) is 57.1 Å². The van der Waals surface area contributed by atoms with E-state index in [0.717, 1.165) is 84.5 Å². The predicted molar refractivity (Wildman–Crippen MR) is 365 cm³/mol. The molecule has 0 aromatic carbocycles. The zero-order chi connectivity index (χ0) is 73.6. The number of carboxylic acid groups (broad SMARTS) is 1. The molecule has 4 saturated heterocycles. The smallest absolute Gasteiger partial charge is 0.364 e. The lowest BCUT2D eigenvalue weighted by atomic mass is 9.87. The van der Waals surface area contributed by atoms with Gasteiger partial charge in [0.1, 0.15) is 85.1 Å². The van der Waals surface area contributed by atoms with Gasteiger partial charge in [-0.05, 0) is 51.9 Å². The van der Waals surface area contributed by atoms with E-state index in [1.165, 1.54) is 103 Å². The van der Waals surface area contributed by atoms with Crippen LogP contribution in [0, 0.1) is 5.92 Å². The molecule has 28 heteroatoms. The number of hydrogen-bond donors (Lipinski definition) is 16. The van der Waals surface area contributed by atoms with Crippen molar-refractivity contribution in [3.05, 3.63) is 24.3 Å². The molecule has 16 N–H and O–H groups in total. The minimum atomic E-state index is -3.27. The summed E-state index contributed by atoms with van der Waals surface area (Å²) in [5.74, 6) is -8.56. The van der Waals surface area contributed by atoms with E-state index in [1.807, 2.05) is 6.08 Å². The van der Waals surface area contributed by atoms with Crippen LogP contribution in [0.4, 0.5) is 0 Å². The Labute approximate surface area is 591 Å². The van der Waals surface area contributed by atoms with Crippen molar-refractivity contribution >= 4 is 23.6 Å². The lowest BCUT2D eigenvalue weighted by Crippen LogP contribution is -2.71. The number of Topliss-reactive ketones (excluding diaryl/α,β-unsaturated/α-hetero) is 1. The van der Waals surface area contributed by atoms with Crippen LogP contribution in [0.3, 0.4) is 0 Å². The number of carboxylic acids is 1. The van der Waals surface area contributed by atoms with Crippen molar-refractivity contribution in [1.29, 1.82) is 0 Å². The Morgan fingerprint density at radius 1 is 0.550 bits per heavy atom. The molecule has 0 radical (unpaired) electrons. The average molecular weight is 1440 g/mol. The number of unbranched alkanes of at least 4 members (excludes halogenated alkanes) is 26. The van der Waals surface area contributed by atoms with Gasteiger partial charge in [0.25, 0.3) is 5.79 Å². The van der Waals surface area contributed by atoms with E-state index in [0.29, 0.717) is 12.8 Å². The summed E-state index contributed by atoms with van der Waals surface area (Å²) in [6.07, 6.45) is 2.06. The summed E-state index contributed by atoms with van der Waals surface area (Å²) in [4.78, 5) is 52.1.